The fourth-order valence-corrected chi connectivity index (χ4v) is 4.60. The number of fused-ring (bicyclic) bond motifs is 1. The van der Waals surface area contributed by atoms with Crippen LogP contribution in [0.2, 0.25) is 0 Å². The SMILES string of the molecule is CCCCn1c(SCc2cc(=O)oc3c(C)c(O)ccc23)nnc1C(CC)N(C)C. The molecule has 0 bridgehead atoms. The van der Waals surface area contributed by atoms with Crippen molar-refractivity contribution in [2.75, 3.05) is 14.1 Å². The van der Waals surface area contributed by atoms with Gasteiger partial charge in [-0.25, -0.2) is 4.79 Å². The van der Waals surface area contributed by atoms with Crippen LogP contribution in [0.3, 0.4) is 0 Å². The van der Waals surface area contributed by atoms with E-state index in [4.69, 9.17) is 4.42 Å². The summed E-state index contributed by atoms with van der Waals surface area (Å²) in [6, 6.07) is 5.16. The van der Waals surface area contributed by atoms with Crippen molar-refractivity contribution >= 4 is 22.7 Å². The lowest BCUT2D eigenvalue weighted by atomic mass is 10.1. The molecule has 7 nitrogen and oxygen atoms in total. The molecule has 1 aromatic carbocycles. The molecule has 3 rings (SSSR count). The van der Waals surface area contributed by atoms with Crippen LogP contribution in [0.25, 0.3) is 11.0 Å². The normalized spacial score (nSPS) is 12.7. The standard InChI is InChI=1S/C22H30N4O3S/c1-6-8-11-26-21(17(7-2)25(4)5)23-24-22(26)30-13-15-12-19(28)29-20-14(3)18(27)10-9-16(15)20/h9-10,12,17,27H,6-8,11,13H2,1-5H3. The fourth-order valence-electron chi connectivity index (χ4n) is 3.64. The summed E-state index contributed by atoms with van der Waals surface area (Å²) in [5.41, 5.74) is 1.45. The first kappa shape index (κ1) is 22.4. The summed E-state index contributed by atoms with van der Waals surface area (Å²) in [7, 11) is 4.12. The molecule has 0 aliphatic heterocycles. The first-order valence-corrected chi connectivity index (χ1v) is 11.3. The Hall–Kier alpha value is -2.32. The minimum atomic E-state index is -0.418. The Labute approximate surface area is 181 Å². The molecule has 1 unspecified atom stereocenters. The summed E-state index contributed by atoms with van der Waals surface area (Å²) in [4.78, 5) is 14.3. The molecule has 0 fully saturated rings. The van der Waals surface area contributed by atoms with Crippen molar-refractivity contribution < 1.29 is 9.52 Å². The number of aromatic nitrogens is 3. The van der Waals surface area contributed by atoms with Crippen LogP contribution in [0.4, 0.5) is 0 Å². The fraction of sp³-hybridized carbons (Fsp3) is 0.500. The Morgan fingerprint density at radius 2 is 2.03 bits per heavy atom. The first-order valence-electron chi connectivity index (χ1n) is 10.3. The minimum Gasteiger partial charge on any atom is -0.508 e. The summed E-state index contributed by atoms with van der Waals surface area (Å²) < 4.78 is 7.57. The van der Waals surface area contributed by atoms with Gasteiger partial charge in [0, 0.05) is 29.3 Å². The van der Waals surface area contributed by atoms with E-state index in [9.17, 15) is 9.90 Å². The van der Waals surface area contributed by atoms with Crippen molar-refractivity contribution in [1.82, 2.24) is 19.7 Å². The Kier molecular flexibility index (Phi) is 7.20. The van der Waals surface area contributed by atoms with Gasteiger partial charge in [0.2, 0.25) is 0 Å². The van der Waals surface area contributed by atoms with E-state index >= 15 is 0 Å². The maximum Gasteiger partial charge on any atom is 0.336 e. The predicted molar refractivity (Wildman–Crippen MR) is 120 cm³/mol. The van der Waals surface area contributed by atoms with E-state index in [0.29, 0.717) is 16.9 Å². The van der Waals surface area contributed by atoms with Crippen molar-refractivity contribution in [1.29, 1.82) is 0 Å². The predicted octanol–water partition coefficient (Wildman–Crippen LogP) is 4.50. The van der Waals surface area contributed by atoms with Gasteiger partial charge in [0.25, 0.3) is 0 Å². The van der Waals surface area contributed by atoms with Crippen LogP contribution in [-0.2, 0) is 12.3 Å². The third kappa shape index (κ3) is 4.54. The van der Waals surface area contributed by atoms with Crippen LogP contribution in [0.1, 0.15) is 56.1 Å². The molecule has 30 heavy (non-hydrogen) atoms. The topological polar surface area (TPSA) is 84.4 Å². The van der Waals surface area contributed by atoms with E-state index in [-0.39, 0.29) is 11.8 Å². The zero-order valence-electron chi connectivity index (χ0n) is 18.3. The maximum atomic E-state index is 12.1. The monoisotopic (exact) mass is 430 g/mol. The second-order valence-corrected chi connectivity index (χ2v) is 8.64. The molecule has 0 saturated carbocycles. The lowest BCUT2D eigenvalue weighted by molar-refractivity contribution is 0.270. The Bertz CT molecular complexity index is 1070. The van der Waals surface area contributed by atoms with Gasteiger partial charge in [-0.15, -0.1) is 10.2 Å². The molecule has 1 atom stereocenters. The van der Waals surface area contributed by atoms with Gasteiger partial charge in [-0.2, -0.15) is 0 Å². The third-order valence-electron chi connectivity index (χ3n) is 5.36. The van der Waals surface area contributed by atoms with Gasteiger partial charge in [-0.3, -0.25) is 4.90 Å². The maximum absolute atomic E-state index is 12.1. The van der Waals surface area contributed by atoms with Crippen LogP contribution in [0.15, 0.2) is 32.6 Å². The van der Waals surface area contributed by atoms with Crippen LogP contribution in [0, 0.1) is 6.92 Å². The molecule has 0 saturated heterocycles. The number of unbranched alkanes of at least 4 members (excludes halogenated alkanes) is 1. The number of benzene rings is 1. The summed E-state index contributed by atoms with van der Waals surface area (Å²) in [6.07, 6.45) is 3.10. The van der Waals surface area contributed by atoms with Gasteiger partial charge in [-0.1, -0.05) is 32.0 Å². The molecule has 2 heterocycles. The smallest absolute Gasteiger partial charge is 0.336 e. The van der Waals surface area contributed by atoms with E-state index in [2.05, 4.69) is 47.6 Å². The van der Waals surface area contributed by atoms with Crippen LogP contribution in [-0.4, -0.2) is 38.9 Å². The van der Waals surface area contributed by atoms with E-state index in [1.165, 1.54) is 6.07 Å². The zero-order chi connectivity index (χ0) is 21.8. The van der Waals surface area contributed by atoms with Crippen molar-refractivity contribution in [2.24, 2.45) is 0 Å². The number of phenolic OH excluding ortho intramolecular Hbond substituents is 1. The highest BCUT2D eigenvalue weighted by atomic mass is 32.2. The molecular formula is C22H30N4O3S. The Morgan fingerprint density at radius 3 is 2.70 bits per heavy atom. The van der Waals surface area contributed by atoms with Crippen molar-refractivity contribution in [3.63, 3.8) is 0 Å². The molecule has 3 aromatic rings. The van der Waals surface area contributed by atoms with Gasteiger partial charge in [0.05, 0.1) is 6.04 Å². The Balaban J connectivity index is 1.95. The second kappa shape index (κ2) is 9.66. The molecule has 0 radical (unpaired) electrons. The average molecular weight is 431 g/mol. The van der Waals surface area contributed by atoms with Crippen molar-refractivity contribution in [3.8, 4) is 5.75 Å². The van der Waals surface area contributed by atoms with E-state index < -0.39 is 5.63 Å². The molecule has 8 heteroatoms. The van der Waals surface area contributed by atoms with Crippen LogP contribution in [0.5, 0.6) is 5.75 Å². The summed E-state index contributed by atoms with van der Waals surface area (Å²) in [6.45, 7) is 6.95. The molecule has 0 aliphatic rings. The number of hydrogen-bond donors (Lipinski definition) is 1. The van der Waals surface area contributed by atoms with Crippen molar-refractivity contribution in [3.05, 3.63) is 45.6 Å². The number of phenols is 1. The lowest BCUT2D eigenvalue weighted by Gasteiger charge is -2.23. The summed E-state index contributed by atoms with van der Waals surface area (Å²) in [5.74, 6) is 1.67. The molecule has 1 N–H and O–H groups in total. The average Bonchev–Trinajstić information content (AvgIpc) is 3.10. The van der Waals surface area contributed by atoms with Crippen LogP contribution >= 0.6 is 11.8 Å². The van der Waals surface area contributed by atoms with Crippen molar-refractivity contribution in [2.45, 2.75) is 63.5 Å². The number of rotatable bonds is 9. The van der Waals surface area contributed by atoms with Gasteiger partial charge >= 0.3 is 5.63 Å². The van der Waals surface area contributed by atoms with Gasteiger partial charge in [-0.05, 0) is 51.6 Å². The zero-order valence-corrected chi connectivity index (χ0v) is 19.1. The quantitative estimate of drug-likeness (QED) is 0.395. The van der Waals surface area contributed by atoms with E-state index in [1.54, 1.807) is 30.8 Å². The molecule has 0 spiro atoms. The highest BCUT2D eigenvalue weighted by Crippen LogP contribution is 2.32. The first-order chi connectivity index (χ1) is 14.4. The highest BCUT2D eigenvalue weighted by molar-refractivity contribution is 7.98. The molecule has 162 valence electrons. The number of aryl methyl sites for hydroxylation is 1. The number of aromatic hydroxyl groups is 1. The van der Waals surface area contributed by atoms with E-state index in [0.717, 1.165) is 47.7 Å². The largest absolute Gasteiger partial charge is 0.508 e. The molecule has 2 aromatic heterocycles. The highest BCUT2D eigenvalue weighted by Gasteiger charge is 2.22. The number of nitrogens with zero attached hydrogens (tertiary/aromatic N) is 4. The molecule has 0 aliphatic carbocycles. The third-order valence-corrected chi connectivity index (χ3v) is 6.38. The second-order valence-electron chi connectivity index (χ2n) is 7.70. The minimum absolute atomic E-state index is 0.119. The lowest BCUT2D eigenvalue weighted by Crippen LogP contribution is -2.23. The number of thioether (sulfide) groups is 1. The molecular weight excluding hydrogens is 400 g/mol. The summed E-state index contributed by atoms with van der Waals surface area (Å²) >= 11 is 1.57. The Morgan fingerprint density at radius 1 is 1.27 bits per heavy atom. The van der Waals surface area contributed by atoms with Gasteiger partial charge < -0.3 is 14.1 Å². The van der Waals surface area contributed by atoms with Crippen LogP contribution < -0.4 is 5.63 Å². The van der Waals surface area contributed by atoms with E-state index in [1.807, 2.05) is 0 Å². The van der Waals surface area contributed by atoms with Gasteiger partial charge in [0.1, 0.15) is 11.3 Å². The molecule has 0 amide bonds. The van der Waals surface area contributed by atoms with Gasteiger partial charge in [0.15, 0.2) is 11.0 Å². The summed E-state index contributed by atoms with van der Waals surface area (Å²) in [5, 5.41) is 20.6. The number of hydrogen-bond acceptors (Lipinski definition) is 7.